The fourth-order valence-electron chi connectivity index (χ4n) is 2.15. The first-order valence-electron chi connectivity index (χ1n) is 7.19. The third kappa shape index (κ3) is 6.51. The Bertz CT molecular complexity index is 469. The van der Waals surface area contributed by atoms with Gasteiger partial charge in [-0.25, -0.2) is 4.39 Å². The van der Waals surface area contributed by atoms with Gasteiger partial charge < -0.3 is 19.5 Å². The van der Waals surface area contributed by atoms with Crippen LogP contribution in [0.15, 0.2) is 24.3 Å². The second-order valence-electron chi connectivity index (χ2n) is 5.41. The van der Waals surface area contributed by atoms with Crippen LogP contribution in [-0.4, -0.2) is 55.9 Å². The summed E-state index contributed by atoms with van der Waals surface area (Å²) in [6.45, 7) is 2.83. The summed E-state index contributed by atoms with van der Waals surface area (Å²) in [4.78, 5) is 13.2. The zero-order chi connectivity index (χ0) is 16.5. The molecule has 1 rings (SSSR count). The molecule has 0 saturated heterocycles. The van der Waals surface area contributed by atoms with Gasteiger partial charge in [0, 0.05) is 18.7 Å². The molecule has 1 aromatic rings. The number of hydrogen-bond acceptors (Lipinski definition) is 5. The number of nitrogens with zero attached hydrogens (tertiary/aromatic N) is 1. The van der Waals surface area contributed by atoms with Gasteiger partial charge >= 0.3 is 5.97 Å². The van der Waals surface area contributed by atoms with E-state index in [1.165, 1.54) is 13.2 Å². The molecular weight excluding hydrogens is 289 g/mol. The fraction of sp³-hybridized carbons (Fsp3) is 0.562. The van der Waals surface area contributed by atoms with E-state index in [9.17, 15) is 14.3 Å². The van der Waals surface area contributed by atoms with Crippen LogP contribution in [0.5, 0.6) is 0 Å². The molecule has 0 aliphatic heterocycles. The van der Waals surface area contributed by atoms with E-state index in [1.54, 1.807) is 32.2 Å². The van der Waals surface area contributed by atoms with E-state index in [0.29, 0.717) is 18.7 Å². The quantitative estimate of drug-likeness (QED) is 0.699. The number of benzene rings is 1. The first kappa shape index (κ1) is 18.5. The third-order valence-electron chi connectivity index (χ3n) is 3.24. The molecule has 5 nitrogen and oxygen atoms in total. The molecular formula is C16H24FNO4. The largest absolute Gasteiger partial charge is 0.469 e. The van der Waals surface area contributed by atoms with Gasteiger partial charge in [-0.15, -0.1) is 0 Å². The summed E-state index contributed by atoms with van der Waals surface area (Å²) in [5.74, 6) is -0.861. The van der Waals surface area contributed by atoms with E-state index in [0.717, 1.165) is 0 Å². The summed E-state index contributed by atoms with van der Waals surface area (Å²) in [7, 11) is 3.16. The lowest BCUT2D eigenvalue weighted by molar-refractivity contribution is -0.145. The van der Waals surface area contributed by atoms with Crippen LogP contribution in [0.25, 0.3) is 0 Å². The predicted octanol–water partition coefficient (Wildman–Crippen LogP) is 1.44. The van der Waals surface area contributed by atoms with Crippen LogP contribution in [0.1, 0.15) is 12.5 Å². The molecule has 0 aliphatic rings. The Morgan fingerprint density at radius 2 is 2.05 bits per heavy atom. The molecule has 124 valence electrons. The van der Waals surface area contributed by atoms with Crippen LogP contribution < -0.4 is 0 Å². The Kier molecular flexibility index (Phi) is 8.01. The summed E-state index contributed by atoms with van der Waals surface area (Å²) in [5, 5.41) is 9.90. The van der Waals surface area contributed by atoms with Crippen molar-refractivity contribution >= 4 is 5.97 Å². The lowest BCUT2D eigenvalue weighted by Gasteiger charge is -2.22. The predicted molar refractivity (Wildman–Crippen MR) is 80.7 cm³/mol. The van der Waals surface area contributed by atoms with Crippen LogP contribution in [0, 0.1) is 11.7 Å². The first-order chi connectivity index (χ1) is 10.4. The number of aliphatic hydroxyl groups excluding tert-OH is 1. The number of halogens is 1. The van der Waals surface area contributed by atoms with Crippen molar-refractivity contribution in [1.82, 2.24) is 4.90 Å². The van der Waals surface area contributed by atoms with Gasteiger partial charge in [0.1, 0.15) is 5.82 Å². The molecule has 6 heteroatoms. The smallest absolute Gasteiger partial charge is 0.309 e. The minimum absolute atomic E-state index is 0.102. The van der Waals surface area contributed by atoms with Gasteiger partial charge in [-0.1, -0.05) is 25.1 Å². The van der Waals surface area contributed by atoms with Crippen molar-refractivity contribution < 1.29 is 23.8 Å². The molecule has 1 N–H and O–H groups in total. The molecule has 0 aromatic heterocycles. The second-order valence-corrected chi connectivity index (χ2v) is 5.41. The van der Waals surface area contributed by atoms with Gasteiger partial charge in [0.25, 0.3) is 0 Å². The topological polar surface area (TPSA) is 59.0 Å². The molecule has 0 radical (unpaired) electrons. The van der Waals surface area contributed by atoms with Gasteiger partial charge in [-0.05, 0) is 13.1 Å². The molecule has 0 spiro atoms. The molecule has 0 saturated carbocycles. The summed E-state index contributed by atoms with van der Waals surface area (Å²) in [6, 6.07) is 6.37. The number of hydrogen-bond donors (Lipinski definition) is 1. The van der Waals surface area contributed by atoms with E-state index >= 15 is 0 Å². The average Bonchev–Trinajstić information content (AvgIpc) is 2.48. The normalized spacial score (nSPS) is 13.9. The summed E-state index contributed by atoms with van der Waals surface area (Å²) in [5.41, 5.74) is 0.461. The van der Waals surface area contributed by atoms with Crippen LogP contribution in [0.4, 0.5) is 4.39 Å². The molecule has 2 atom stereocenters. The highest BCUT2D eigenvalue weighted by Crippen LogP contribution is 2.08. The number of methoxy groups -OCH3 is 1. The number of rotatable bonds is 9. The van der Waals surface area contributed by atoms with E-state index in [2.05, 4.69) is 4.74 Å². The van der Waals surface area contributed by atoms with E-state index in [1.807, 2.05) is 4.90 Å². The molecule has 0 bridgehead atoms. The van der Waals surface area contributed by atoms with Crippen LogP contribution in [0.3, 0.4) is 0 Å². The highest BCUT2D eigenvalue weighted by Gasteiger charge is 2.17. The van der Waals surface area contributed by atoms with Crippen molar-refractivity contribution in [1.29, 1.82) is 0 Å². The molecule has 1 aromatic carbocycles. The minimum atomic E-state index is -0.707. The standard InChI is InChI=1S/C16H24FNO4/c1-12(16(20)21-3)8-18(2)9-14(19)11-22-10-13-6-4-5-7-15(13)17/h4-7,12,14,19H,8-11H2,1-3H3. The van der Waals surface area contributed by atoms with E-state index < -0.39 is 6.10 Å². The van der Waals surface area contributed by atoms with Gasteiger partial charge in [0.05, 0.1) is 32.3 Å². The Hall–Kier alpha value is -1.50. The number of carbonyl (C=O) groups is 1. The molecule has 0 aliphatic carbocycles. The fourth-order valence-corrected chi connectivity index (χ4v) is 2.15. The van der Waals surface area contributed by atoms with Crippen LogP contribution >= 0.6 is 0 Å². The average molecular weight is 313 g/mol. The molecule has 0 amide bonds. The molecule has 22 heavy (non-hydrogen) atoms. The number of carbonyl (C=O) groups excluding carboxylic acids is 1. The van der Waals surface area contributed by atoms with Crippen molar-refractivity contribution in [3.05, 3.63) is 35.6 Å². The highest BCUT2D eigenvalue weighted by atomic mass is 19.1. The zero-order valence-corrected chi connectivity index (χ0v) is 13.3. The first-order valence-corrected chi connectivity index (χ1v) is 7.19. The number of ether oxygens (including phenoxy) is 2. The van der Waals surface area contributed by atoms with Gasteiger partial charge in [0.2, 0.25) is 0 Å². The SMILES string of the molecule is COC(=O)C(C)CN(C)CC(O)COCc1ccccc1F. The molecule has 0 heterocycles. The number of aliphatic hydroxyl groups is 1. The monoisotopic (exact) mass is 313 g/mol. The van der Waals surface area contributed by atoms with E-state index in [4.69, 9.17) is 4.74 Å². The third-order valence-corrected chi connectivity index (χ3v) is 3.24. The Balaban J connectivity index is 2.27. The molecule has 2 unspecified atom stereocenters. The summed E-state index contributed by atoms with van der Waals surface area (Å²) in [6.07, 6.45) is -0.707. The minimum Gasteiger partial charge on any atom is -0.469 e. The van der Waals surface area contributed by atoms with Gasteiger partial charge in [-0.2, -0.15) is 0 Å². The maximum absolute atomic E-state index is 13.4. The van der Waals surface area contributed by atoms with Crippen molar-refractivity contribution in [3.63, 3.8) is 0 Å². The Morgan fingerprint density at radius 3 is 2.68 bits per heavy atom. The lowest BCUT2D eigenvalue weighted by atomic mass is 10.1. The van der Waals surface area contributed by atoms with Crippen LogP contribution in [-0.2, 0) is 20.9 Å². The van der Waals surface area contributed by atoms with E-state index in [-0.39, 0.29) is 30.9 Å². The van der Waals surface area contributed by atoms with Crippen molar-refractivity contribution in [3.8, 4) is 0 Å². The Labute approximate surface area is 130 Å². The highest BCUT2D eigenvalue weighted by molar-refractivity contribution is 5.72. The number of likely N-dealkylation sites (N-methyl/N-ethyl adjacent to an activating group) is 1. The van der Waals surface area contributed by atoms with Crippen molar-refractivity contribution in [2.45, 2.75) is 19.6 Å². The maximum Gasteiger partial charge on any atom is 0.309 e. The maximum atomic E-state index is 13.4. The molecule has 0 fully saturated rings. The zero-order valence-electron chi connectivity index (χ0n) is 13.3. The Morgan fingerprint density at radius 1 is 1.36 bits per heavy atom. The van der Waals surface area contributed by atoms with Crippen molar-refractivity contribution in [2.24, 2.45) is 5.92 Å². The van der Waals surface area contributed by atoms with Crippen molar-refractivity contribution in [2.75, 3.05) is 33.9 Å². The lowest BCUT2D eigenvalue weighted by Crippen LogP contribution is -2.36. The van der Waals surface area contributed by atoms with Crippen LogP contribution in [0.2, 0.25) is 0 Å². The van der Waals surface area contributed by atoms with Gasteiger partial charge in [-0.3, -0.25) is 4.79 Å². The second kappa shape index (κ2) is 9.50. The summed E-state index contributed by atoms with van der Waals surface area (Å²) < 4.78 is 23.4. The number of esters is 1. The summed E-state index contributed by atoms with van der Waals surface area (Å²) >= 11 is 0. The van der Waals surface area contributed by atoms with Gasteiger partial charge in [0.15, 0.2) is 0 Å².